The van der Waals surface area contributed by atoms with Crippen LogP contribution in [0.4, 0.5) is 11.4 Å². The highest BCUT2D eigenvalue weighted by atomic mass is 15.1. The number of benzene rings is 5. The fourth-order valence-electron chi connectivity index (χ4n) is 4.21. The molecule has 0 atom stereocenters. The third kappa shape index (κ3) is 3.25. The first-order valence-electron chi connectivity index (χ1n) is 10.3. The Morgan fingerprint density at radius 2 is 0.967 bits per heavy atom. The minimum Gasteiger partial charge on any atom is -0.344 e. The lowest BCUT2D eigenvalue weighted by Crippen LogP contribution is -2.11. The molecule has 0 radical (unpaired) electrons. The van der Waals surface area contributed by atoms with Crippen molar-refractivity contribution in [2.24, 2.45) is 0 Å². The van der Waals surface area contributed by atoms with Gasteiger partial charge in [0.15, 0.2) is 0 Å². The molecule has 0 aliphatic carbocycles. The predicted octanol–water partition coefficient (Wildman–Crippen LogP) is 7.94. The molecular weight excluding hydrogens is 362 g/mol. The van der Waals surface area contributed by atoms with Crippen molar-refractivity contribution in [2.75, 3.05) is 11.9 Å². The molecule has 5 aromatic carbocycles. The molecule has 0 bridgehead atoms. The number of para-hydroxylation sites is 2. The van der Waals surface area contributed by atoms with Crippen LogP contribution in [0.2, 0.25) is 0 Å². The Bertz CT molecular complexity index is 1300. The van der Waals surface area contributed by atoms with Crippen LogP contribution >= 0.6 is 0 Å². The summed E-state index contributed by atoms with van der Waals surface area (Å²) in [6.07, 6.45) is 0. The lowest BCUT2D eigenvalue weighted by atomic mass is 9.96. The lowest BCUT2D eigenvalue weighted by Gasteiger charge is -2.26. The van der Waals surface area contributed by atoms with Gasteiger partial charge in [-0.1, -0.05) is 109 Å². The third-order valence-corrected chi connectivity index (χ3v) is 5.70. The maximum Gasteiger partial charge on any atom is 0.0488 e. The molecule has 0 aliphatic rings. The number of hydrogen-bond donors (Lipinski definition) is 0. The fourth-order valence-corrected chi connectivity index (χ4v) is 4.21. The van der Waals surface area contributed by atoms with E-state index in [1.807, 2.05) is 0 Å². The number of hydrogen-bond acceptors (Lipinski definition) is 1. The maximum atomic E-state index is 2.30. The van der Waals surface area contributed by atoms with E-state index >= 15 is 0 Å². The van der Waals surface area contributed by atoms with Crippen molar-refractivity contribution in [3.05, 3.63) is 121 Å². The number of fused-ring (bicyclic) bond motifs is 1. The first kappa shape index (κ1) is 18.2. The van der Waals surface area contributed by atoms with Gasteiger partial charge < -0.3 is 4.90 Å². The minimum absolute atomic E-state index is 1.19. The highest BCUT2D eigenvalue weighted by molar-refractivity contribution is 6.00. The number of rotatable bonds is 4. The second kappa shape index (κ2) is 7.88. The van der Waals surface area contributed by atoms with Crippen LogP contribution in [0, 0.1) is 0 Å². The molecule has 0 amide bonds. The Hall–Kier alpha value is -3.84. The van der Waals surface area contributed by atoms with Crippen LogP contribution < -0.4 is 4.90 Å². The van der Waals surface area contributed by atoms with Crippen LogP contribution in [0.25, 0.3) is 33.0 Å². The summed E-state index contributed by atoms with van der Waals surface area (Å²) in [4.78, 5) is 2.30. The van der Waals surface area contributed by atoms with Gasteiger partial charge in [0.25, 0.3) is 0 Å². The summed E-state index contributed by atoms with van der Waals surface area (Å²) in [5, 5.41) is 2.54. The summed E-state index contributed by atoms with van der Waals surface area (Å²) >= 11 is 0. The Kier molecular flexibility index (Phi) is 4.78. The number of anilines is 2. The normalized spacial score (nSPS) is 10.8. The first-order chi connectivity index (χ1) is 14.8. The van der Waals surface area contributed by atoms with E-state index in [1.54, 1.807) is 0 Å². The van der Waals surface area contributed by atoms with Crippen molar-refractivity contribution in [1.82, 2.24) is 0 Å². The van der Waals surface area contributed by atoms with Crippen molar-refractivity contribution in [2.45, 2.75) is 0 Å². The fraction of sp³-hybridized carbons (Fsp3) is 0.0345. The van der Waals surface area contributed by atoms with Crippen LogP contribution in [0.5, 0.6) is 0 Å². The maximum absolute atomic E-state index is 2.30. The van der Waals surface area contributed by atoms with Gasteiger partial charge in [0.2, 0.25) is 0 Å². The SMILES string of the molecule is CN(c1ccccc1-c1ccccc1)c1ccccc1-c1cccc2ccccc12. The van der Waals surface area contributed by atoms with E-state index in [9.17, 15) is 0 Å². The predicted molar refractivity (Wildman–Crippen MR) is 129 cm³/mol. The molecule has 0 saturated carbocycles. The molecule has 30 heavy (non-hydrogen) atoms. The van der Waals surface area contributed by atoms with E-state index in [-0.39, 0.29) is 0 Å². The molecule has 0 aromatic heterocycles. The standard InChI is InChI=1S/C29H23N/c1-30(28-20-9-7-17-25(28)23-12-3-2-4-13-23)29-21-10-8-18-27(29)26-19-11-15-22-14-5-6-16-24(22)26/h2-21H,1H3. The molecule has 0 spiro atoms. The largest absolute Gasteiger partial charge is 0.344 e. The van der Waals surface area contributed by atoms with E-state index in [2.05, 4.69) is 133 Å². The van der Waals surface area contributed by atoms with Crippen molar-refractivity contribution < 1.29 is 0 Å². The van der Waals surface area contributed by atoms with Gasteiger partial charge in [0, 0.05) is 29.5 Å². The van der Waals surface area contributed by atoms with Crippen LogP contribution in [-0.2, 0) is 0 Å². The molecular formula is C29H23N. The summed E-state index contributed by atoms with van der Waals surface area (Å²) < 4.78 is 0. The molecule has 5 rings (SSSR count). The molecule has 0 aliphatic heterocycles. The molecule has 0 saturated heterocycles. The average Bonchev–Trinajstić information content (AvgIpc) is 2.84. The van der Waals surface area contributed by atoms with E-state index in [0.717, 1.165) is 0 Å². The zero-order valence-electron chi connectivity index (χ0n) is 17.0. The topological polar surface area (TPSA) is 3.24 Å². The Morgan fingerprint density at radius 1 is 0.433 bits per heavy atom. The van der Waals surface area contributed by atoms with Crippen LogP contribution in [0.15, 0.2) is 121 Å². The van der Waals surface area contributed by atoms with Crippen LogP contribution in [0.3, 0.4) is 0 Å². The first-order valence-corrected chi connectivity index (χ1v) is 10.3. The second-order valence-electron chi connectivity index (χ2n) is 7.49. The quantitative estimate of drug-likeness (QED) is 0.303. The molecule has 5 aromatic rings. The monoisotopic (exact) mass is 385 g/mol. The van der Waals surface area contributed by atoms with Crippen molar-refractivity contribution in [3.8, 4) is 22.3 Å². The minimum atomic E-state index is 1.19. The molecule has 0 unspecified atom stereocenters. The van der Waals surface area contributed by atoms with E-state index in [1.165, 1.54) is 44.4 Å². The summed E-state index contributed by atoms with van der Waals surface area (Å²) in [6.45, 7) is 0. The van der Waals surface area contributed by atoms with Crippen molar-refractivity contribution in [1.29, 1.82) is 0 Å². The molecule has 0 fully saturated rings. The zero-order valence-corrected chi connectivity index (χ0v) is 17.0. The number of nitrogens with zero attached hydrogens (tertiary/aromatic N) is 1. The van der Waals surface area contributed by atoms with Crippen LogP contribution in [0.1, 0.15) is 0 Å². The van der Waals surface area contributed by atoms with Gasteiger partial charge in [0.1, 0.15) is 0 Å². The van der Waals surface area contributed by atoms with E-state index < -0.39 is 0 Å². The highest BCUT2D eigenvalue weighted by Gasteiger charge is 2.15. The molecule has 1 heteroatoms. The lowest BCUT2D eigenvalue weighted by molar-refractivity contribution is 1.21. The Balaban J connectivity index is 1.68. The molecule has 144 valence electrons. The van der Waals surface area contributed by atoms with Crippen LogP contribution in [-0.4, -0.2) is 7.05 Å². The molecule has 1 nitrogen and oxygen atoms in total. The summed E-state index contributed by atoms with van der Waals surface area (Å²) in [5.74, 6) is 0. The van der Waals surface area contributed by atoms with Gasteiger partial charge in [-0.15, -0.1) is 0 Å². The van der Waals surface area contributed by atoms with E-state index in [4.69, 9.17) is 0 Å². The van der Waals surface area contributed by atoms with Crippen molar-refractivity contribution >= 4 is 22.1 Å². The van der Waals surface area contributed by atoms with Gasteiger partial charge in [-0.3, -0.25) is 0 Å². The van der Waals surface area contributed by atoms with E-state index in [0.29, 0.717) is 0 Å². The summed E-state index contributed by atoms with van der Waals surface area (Å²) in [7, 11) is 2.16. The zero-order chi connectivity index (χ0) is 20.3. The Morgan fingerprint density at radius 3 is 1.77 bits per heavy atom. The van der Waals surface area contributed by atoms with Gasteiger partial charge in [-0.2, -0.15) is 0 Å². The Labute approximate surface area is 177 Å². The molecule has 0 heterocycles. The summed E-state index contributed by atoms with van der Waals surface area (Å²) in [6, 6.07) is 43.0. The van der Waals surface area contributed by atoms with Gasteiger partial charge in [0.05, 0.1) is 0 Å². The third-order valence-electron chi connectivity index (χ3n) is 5.70. The highest BCUT2D eigenvalue weighted by Crippen LogP contribution is 2.40. The van der Waals surface area contributed by atoms with Gasteiger partial charge in [-0.05, 0) is 34.0 Å². The van der Waals surface area contributed by atoms with Gasteiger partial charge in [-0.25, -0.2) is 0 Å². The smallest absolute Gasteiger partial charge is 0.0488 e. The van der Waals surface area contributed by atoms with Crippen molar-refractivity contribution in [3.63, 3.8) is 0 Å². The molecule has 0 N–H and O–H groups in total. The second-order valence-corrected chi connectivity index (χ2v) is 7.49. The average molecular weight is 386 g/mol. The van der Waals surface area contributed by atoms with Gasteiger partial charge >= 0.3 is 0 Å². The summed E-state index contributed by atoms with van der Waals surface area (Å²) in [5.41, 5.74) is 7.33.